The van der Waals surface area contributed by atoms with Gasteiger partial charge in [-0.1, -0.05) is 18.5 Å². The first-order chi connectivity index (χ1) is 12.1. The third-order valence-corrected chi connectivity index (χ3v) is 4.19. The van der Waals surface area contributed by atoms with Crippen LogP contribution >= 0.6 is 0 Å². The topological polar surface area (TPSA) is 56.0 Å². The molecule has 3 heterocycles. The van der Waals surface area contributed by atoms with Gasteiger partial charge in [-0.2, -0.15) is 9.61 Å². The van der Waals surface area contributed by atoms with Gasteiger partial charge >= 0.3 is 0 Å². The van der Waals surface area contributed by atoms with E-state index in [0.717, 1.165) is 17.6 Å². The van der Waals surface area contributed by atoms with E-state index >= 15 is 0 Å². The Labute approximate surface area is 143 Å². The summed E-state index contributed by atoms with van der Waals surface area (Å²) in [4.78, 5) is 4.09. The smallest absolute Gasteiger partial charge is 0.177 e. The Morgan fingerprint density at radius 3 is 2.80 bits per heavy atom. The molecule has 0 unspecified atom stereocenters. The highest BCUT2D eigenvalue weighted by Crippen LogP contribution is 2.24. The zero-order chi connectivity index (χ0) is 17.6. The highest BCUT2D eigenvalue weighted by Gasteiger charge is 2.18. The molecule has 0 aliphatic rings. The number of halogens is 2. The molecule has 3 aromatic heterocycles. The Balaban J connectivity index is 1.86. The standard InChI is InChI=1S/C17H14BF2N5/c1-2-10-3-4-15-22-23-16(25(15)24-10)6-11-13(19)7-14-12(17(11)20)5-9(18)8-21-14/h3-5,7-8H,2,6,18H2,1H3. The SMILES string of the molecule is Bc1cnc2cc(F)c(Cc3nnc4ccc(CC)nn34)c(F)c2c1. The Hall–Kier alpha value is -2.90. The monoisotopic (exact) mass is 337 g/mol. The molecule has 8 heteroatoms. The molecule has 0 saturated heterocycles. The molecule has 5 nitrogen and oxygen atoms in total. The summed E-state index contributed by atoms with van der Waals surface area (Å²) in [7, 11) is 1.82. The van der Waals surface area contributed by atoms with Crippen LogP contribution < -0.4 is 5.46 Å². The van der Waals surface area contributed by atoms with Gasteiger partial charge in [-0.15, -0.1) is 10.2 Å². The van der Waals surface area contributed by atoms with Crippen molar-refractivity contribution in [2.24, 2.45) is 0 Å². The number of pyridine rings is 1. The van der Waals surface area contributed by atoms with Crippen LogP contribution in [0.3, 0.4) is 0 Å². The Bertz CT molecular complexity index is 1110. The fourth-order valence-corrected chi connectivity index (χ4v) is 2.84. The second-order valence-corrected chi connectivity index (χ2v) is 5.97. The van der Waals surface area contributed by atoms with E-state index in [1.165, 1.54) is 10.6 Å². The van der Waals surface area contributed by atoms with E-state index in [9.17, 15) is 8.78 Å². The van der Waals surface area contributed by atoms with Gasteiger partial charge in [-0.05, 0) is 18.6 Å². The molecule has 0 radical (unpaired) electrons. The van der Waals surface area contributed by atoms with E-state index in [1.807, 2.05) is 20.8 Å². The van der Waals surface area contributed by atoms with Crippen LogP contribution in [0.1, 0.15) is 24.0 Å². The summed E-state index contributed by atoms with van der Waals surface area (Å²) in [6.45, 7) is 1.98. The molecule has 0 aliphatic carbocycles. The average Bonchev–Trinajstić information content (AvgIpc) is 3.01. The van der Waals surface area contributed by atoms with Crippen LogP contribution in [0.2, 0.25) is 0 Å². The van der Waals surface area contributed by atoms with Crippen molar-refractivity contribution < 1.29 is 8.78 Å². The van der Waals surface area contributed by atoms with E-state index in [0.29, 0.717) is 22.4 Å². The zero-order valence-electron chi connectivity index (χ0n) is 13.8. The van der Waals surface area contributed by atoms with E-state index in [4.69, 9.17) is 0 Å². The number of nitrogens with zero attached hydrogens (tertiary/aromatic N) is 5. The summed E-state index contributed by atoms with van der Waals surface area (Å²) in [5.41, 5.74) is 2.45. The van der Waals surface area contributed by atoms with Crippen molar-refractivity contribution >= 4 is 29.9 Å². The number of benzene rings is 1. The van der Waals surface area contributed by atoms with Gasteiger partial charge in [-0.25, -0.2) is 8.78 Å². The molecule has 0 spiro atoms. The summed E-state index contributed by atoms with van der Waals surface area (Å²) in [5, 5.41) is 12.8. The normalized spacial score (nSPS) is 11.5. The molecule has 1 aromatic carbocycles. The molecular weight excluding hydrogens is 323 g/mol. The van der Waals surface area contributed by atoms with Crippen LogP contribution in [-0.2, 0) is 12.8 Å². The average molecular weight is 337 g/mol. The van der Waals surface area contributed by atoms with E-state index < -0.39 is 11.6 Å². The number of rotatable bonds is 3. The van der Waals surface area contributed by atoms with E-state index in [2.05, 4.69) is 20.3 Å². The molecule has 0 saturated carbocycles. The molecule has 0 aliphatic heterocycles. The van der Waals surface area contributed by atoms with Crippen molar-refractivity contribution in [3.8, 4) is 0 Å². The fourth-order valence-electron chi connectivity index (χ4n) is 2.84. The van der Waals surface area contributed by atoms with Gasteiger partial charge < -0.3 is 0 Å². The maximum Gasteiger partial charge on any atom is 0.177 e. The van der Waals surface area contributed by atoms with Crippen molar-refractivity contribution in [1.29, 1.82) is 0 Å². The van der Waals surface area contributed by atoms with Gasteiger partial charge in [0.25, 0.3) is 0 Å². The van der Waals surface area contributed by atoms with E-state index in [1.54, 1.807) is 18.3 Å². The number of aromatic nitrogens is 5. The summed E-state index contributed by atoms with van der Waals surface area (Å²) in [6, 6.07) is 6.57. The summed E-state index contributed by atoms with van der Waals surface area (Å²) in [5.74, 6) is -0.873. The molecular formula is C17H14BF2N5. The van der Waals surface area contributed by atoms with Gasteiger partial charge in [0, 0.05) is 29.6 Å². The van der Waals surface area contributed by atoms with Crippen molar-refractivity contribution in [2.75, 3.05) is 0 Å². The van der Waals surface area contributed by atoms with Gasteiger partial charge in [-0.3, -0.25) is 4.98 Å². The van der Waals surface area contributed by atoms with Gasteiger partial charge in [0.1, 0.15) is 19.5 Å². The van der Waals surface area contributed by atoms with Crippen molar-refractivity contribution in [3.63, 3.8) is 0 Å². The second-order valence-electron chi connectivity index (χ2n) is 5.97. The first-order valence-electron chi connectivity index (χ1n) is 8.00. The van der Waals surface area contributed by atoms with Crippen LogP contribution in [-0.4, -0.2) is 32.6 Å². The molecule has 4 rings (SSSR count). The van der Waals surface area contributed by atoms with Crippen LogP contribution in [0.15, 0.2) is 30.5 Å². The Kier molecular flexibility index (Phi) is 3.67. The fraction of sp³-hybridized carbons (Fsp3) is 0.176. The van der Waals surface area contributed by atoms with Crippen LogP contribution in [0, 0.1) is 11.6 Å². The molecule has 0 N–H and O–H groups in total. The first kappa shape index (κ1) is 15.6. The molecule has 0 bridgehead atoms. The number of hydrogen-bond donors (Lipinski definition) is 0. The maximum atomic E-state index is 14.9. The largest absolute Gasteiger partial charge is 0.257 e. The lowest BCUT2D eigenvalue weighted by atomic mass is 9.95. The molecule has 0 fully saturated rings. The lowest BCUT2D eigenvalue weighted by Gasteiger charge is -2.08. The lowest BCUT2D eigenvalue weighted by Crippen LogP contribution is -2.08. The van der Waals surface area contributed by atoms with Gasteiger partial charge in [0.2, 0.25) is 0 Å². The predicted molar refractivity (Wildman–Crippen MR) is 92.8 cm³/mol. The number of hydrogen-bond acceptors (Lipinski definition) is 4. The minimum Gasteiger partial charge on any atom is -0.257 e. The zero-order valence-corrected chi connectivity index (χ0v) is 13.8. The molecule has 0 atom stereocenters. The summed E-state index contributed by atoms with van der Waals surface area (Å²) < 4.78 is 30.9. The Morgan fingerprint density at radius 2 is 2.00 bits per heavy atom. The van der Waals surface area contributed by atoms with Gasteiger partial charge in [0.15, 0.2) is 11.5 Å². The minimum atomic E-state index is -0.648. The third-order valence-electron chi connectivity index (χ3n) is 4.19. The van der Waals surface area contributed by atoms with Crippen molar-refractivity contribution in [3.05, 3.63) is 59.2 Å². The minimum absolute atomic E-state index is 0.0388. The number of fused-ring (bicyclic) bond motifs is 2. The second kappa shape index (κ2) is 5.88. The lowest BCUT2D eigenvalue weighted by molar-refractivity contribution is 0.565. The molecule has 0 amide bonds. The number of aryl methyl sites for hydroxylation is 1. The Morgan fingerprint density at radius 1 is 1.16 bits per heavy atom. The van der Waals surface area contributed by atoms with Crippen molar-refractivity contribution in [2.45, 2.75) is 19.8 Å². The maximum absolute atomic E-state index is 14.9. The summed E-state index contributed by atoms with van der Waals surface area (Å²) >= 11 is 0. The van der Waals surface area contributed by atoms with Crippen LogP contribution in [0.5, 0.6) is 0 Å². The molecule has 4 aromatic rings. The highest BCUT2D eigenvalue weighted by atomic mass is 19.1. The molecule has 124 valence electrons. The summed E-state index contributed by atoms with van der Waals surface area (Å²) in [6.07, 6.45) is 2.29. The van der Waals surface area contributed by atoms with Gasteiger partial charge in [0.05, 0.1) is 11.2 Å². The highest BCUT2D eigenvalue weighted by molar-refractivity contribution is 6.32. The van der Waals surface area contributed by atoms with Crippen LogP contribution in [0.4, 0.5) is 8.78 Å². The quantitative estimate of drug-likeness (QED) is 0.530. The molecule has 25 heavy (non-hydrogen) atoms. The van der Waals surface area contributed by atoms with E-state index in [-0.39, 0.29) is 12.0 Å². The van der Waals surface area contributed by atoms with Crippen molar-refractivity contribution in [1.82, 2.24) is 24.8 Å². The first-order valence-corrected chi connectivity index (χ1v) is 8.00. The van der Waals surface area contributed by atoms with Crippen LogP contribution in [0.25, 0.3) is 16.6 Å². The third kappa shape index (κ3) is 2.63. The predicted octanol–water partition coefficient (Wildman–Crippen LogP) is 1.36.